The Labute approximate surface area is 184 Å². The molecule has 7 nitrogen and oxygen atoms in total. The molecule has 0 aromatic heterocycles. The van der Waals surface area contributed by atoms with Gasteiger partial charge in [-0.1, -0.05) is 24.3 Å². The van der Waals surface area contributed by atoms with E-state index in [1.54, 1.807) is 0 Å². The molecule has 2 amide bonds. The SMILES string of the molecule is CN(C)C1CCN(C(=O)C2CCC(NC(=O)C3Cc4ccccc4C3)CC2)C1.O=CO. The fourth-order valence-corrected chi connectivity index (χ4v) is 5.17. The van der Waals surface area contributed by atoms with E-state index in [0.29, 0.717) is 11.9 Å². The zero-order chi connectivity index (χ0) is 22.4. The van der Waals surface area contributed by atoms with Crippen LogP contribution in [0, 0.1) is 11.8 Å². The summed E-state index contributed by atoms with van der Waals surface area (Å²) in [6.45, 7) is 1.51. The third kappa shape index (κ3) is 5.85. The van der Waals surface area contributed by atoms with Crippen LogP contribution in [0.25, 0.3) is 0 Å². The minimum absolute atomic E-state index is 0.0734. The lowest BCUT2D eigenvalue weighted by Crippen LogP contribution is -2.44. The molecule has 1 aromatic rings. The predicted octanol–water partition coefficient (Wildman–Crippen LogP) is 1.94. The quantitative estimate of drug-likeness (QED) is 0.714. The van der Waals surface area contributed by atoms with Gasteiger partial charge in [-0.2, -0.15) is 0 Å². The topological polar surface area (TPSA) is 90.0 Å². The van der Waals surface area contributed by atoms with Crippen LogP contribution in [-0.2, 0) is 27.2 Å². The molecule has 4 rings (SSSR count). The molecule has 7 heteroatoms. The van der Waals surface area contributed by atoms with Crippen LogP contribution in [0.15, 0.2) is 24.3 Å². The van der Waals surface area contributed by atoms with Crippen molar-refractivity contribution in [3.63, 3.8) is 0 Å². The van der Waals surface area contributed by atoms with E-state index in [2.05, 4.69) is 53.5 Å². The van der Waals surface area contributed by atoms with Crippen LogP contribution in [-0.4, -0.2) is 72.5 Å². The Bertz CT molecular complexity index is 749. The first-order valence-electron chi connectivity index (χ1n) is 11.3. The summed E-state index contributed by atoms with van der Waals surface area (Å²) in [5.41, 5.74) is 2.64. The molecule has 1 heterocycles. The Morgan fingerprint density at radius 2 is 1.61 bits per heavy atom. The summed E-state index contributed by atoms with van der Waals surface area (Å²) in [5.74, 6) is 0.744. The van der Waals surface area contributed by atoms with E-state index in [0.717, 1.165) is 58.0 Å². The first-order chi connectivity index (χ1) is 14.9. The lowest BCUT2D eigenvalue weighted by Gasteiger charge is -2.31. The van der Waals surface area contributed by atoms with Crippen molar-refractivity contribution in [2.45, 2.75) is 57.0 Å². The van der Waals surface area contributed by atoms with Gasteiger partial charge in [-0.3, -0.25) is 14.4 Å². The number of likely N-dealkylation sites (N-methyl/N-ethyl adjacent to an activating group) is 1. The molecular formula is C24H35N3O4. The van der Waals surface area contributed by atoms with Crippen LogP contribution in [0.1, 0.15) is 43.2 Å². The molecule has 2 N–H and O–H groups in total. The van der Waals surface area contributed by atoms with Crippen LogP contribution < -0.4 is 5.32 Å². The lowest BCUT2D eigenvalue weighted by atomic mass is 9.85. The second-order valence-electron chi connectivity index (χ2n) is 9.23. The number of hydrogen-bond donors (Lipinski definition) is 2. The molecule has 170 valence electrons. The van der Waals surface area contributed by atoms with Gasteiger partial charge in [0.15, 0.2) is 0 Å². The number of nitrogens with zero attached hydrogens (tertiary/aromatic N) is 2. The monoisotopic (exact) mass is 429 g/mol. The minimum Gasteiger partial charge on any atom is -0.483 e. The Morgan fingerprint density at radius 1 is 1.03 bits per heavy atom. The number of rotatable bonds is 4. The van der Waals surface area contributed by atoms with Gasteiger partial charge >= 0.3 is 0 Å². The first-order valence-corrected chi connectivity index (χ1v) is 11.3. The molecule has 1 unspecified atom stereocenters. The van der Waals surface area contributed by atoms with Gasteiger partial charge in [0, 0.05) is 37.0 Å². The maximum Gasteiger partial charge on any atom is 0.290 e. The largest absolute Gasteiger partial charge is 0.483 e. The van der Waals surface area contributed by atoms with Gasteiger partial charge in [-0.05, 0) is 70.2 Å². The number of carboxylic acid groups (broad SMARTS) is 1. The van der Waals surface area contributed by atoms with Crippen molar-refractivity contribution >= 4 is 18.3 Å². The summed E-state index contributed by atoms with van der Waals surface area (Å²) in [4.78, 5) is 38.2. The first kappa shape index (κ1) is 23.3. The highest BCUT2D eigenvalue weighted by atomic mass is 16.3. The Morgan fingerprint density at radius 3 is 2.13 bits per heavy atom. The van der Waals surface area contributed by atoms with E-state index in [-0.39, 0.29) is 30.3 Å². The molecule has 1 aromatic carbocycles. The average Bonchev–Trinajstić information content (AvgIpc) is 3.42. The van der Waals surface area contributed by atoms with Crippen LogP contribution in [0.3, 0.4) is 0 Å². The molecule has 0 spiro atoms. The summed E-state index contributed by atoms with van der Waals surface area (Å²) < 4.78 is 0. The van der Waals surface area contributed by atoms with Gasteiger partial charge in [-0.25, -0.2) is 0 Å². The molecule has 1 atom stereocenters. The van der Waals surface area contributed by atoms with Crippen molar-refractivity contribution in [1.82, 2.24) is 15.1 Å². The third-order valence-corrected chi connectivity index (χ3v) is 7.05. The van der Waals surface area contributed by atoms with Crippen molar-refractivity contribution in [2.75, 3.05) is 27.2 Å². The van der Waals surface area contributed by atoms with Crippen molar-refractivity contribution in [1.29, 1.82) is 0 Å². The van der Waals surface area contributed by atoms with Crippen LogP contribution >= 0.6 is 0 Å². The van der Waals surface area contributed by atoms with Crippen molar-refractivity contribution in [2.24, 2.45) is 11.8 Å². The summed E-state index contributed by atoms with van der Waals surface area (Å²) >= 11 is 0. The van der Waals surface area contributed by atoms with Crippen LogP contribution in [0.4, 0.5) is 0 Å². The number of fused-ring (bicyclic) bond motifs is 1. The highest BCUT2D eigenvalue weighted by Crippen LogP contribution is 2.30. The summed E-state index contributed by atoms with van der Waals surface area (Å²) in [6.07, 6.45) is 6.44. The number of benzene rings is 1. The van der Waals surface area contributed by atoms with Crippen molar-refractivity contribution in [3.8, 4) is 0 Å². The molecule has 0 radical (unpaired) electrons. The minimum atomic E-state index is -0.250. The van der Waals surface area contributed by atoms with E-state index in [1.165, 1.54) is 11.1 Å². The number of amides is 2. The summed E-state index contributed by atoms with van der Waals surface area (Å²) in [5, 5.41) is 10.2. The second-order valence-corrected chi connectivity index (χ2v) is 9.23. The van der Waals surface area contributed by atoms with E-state index in [4.69, 9.17) is 9.90 Å². The molecule has 2 aliphatic carbocycles. The standard InChI is InChI=1S/C23H33N3O2.CH2O2/c1-25(2)21-11-12-26(15-21)23(28)16-7-9-20(10-8-16)24-22(27)19-13-17-5-3-4-6-18(17)14-19;2-1-3/h3-6,16,19-21H,7-15H2,1-2H3,(H,24,27);1H,(H,2,3). The normalized spacial score (nSPS) is 25.5. The summed E-state index contributed by atoms with van der Waals surface area (Å²) in [6, 6.07) is 9.11. The van der Waals surface area contributed by atoms with E-state index in [9.17, 15) is 9.59 Å². The zero-order valence-electron chi connectivity index (χ0n) is 18.6. The fourth-order valence-electron chi connectivity index (χ4n) is 5.17. The van der Waals surface area contributed by atoms with E-state index >= 15 is 0 Å². The highest BCUT2D eigenvalue weighted by molar-refractivity contribution is 5.81. The van der Waals surface area contributed by atoms with Gasteiger partial charge < -0.3 is 20.2 Å². The van der Waals surface area contributed by atoms with Crippen LogP contribution in [0.5, 0.6) is 0 Å². The number of nitrogens with one attached hydrogen (secondary N) is 1. The fraction of sp³-hybridized carbons (Fsp3) is 0.625. The second kappa shape index (κ2) is 10.8. The molecule has 31 heavy (non-hydrogen) atoms. The Balaban J connectivity index is 0.000000858. The summed E-state index contributed by atoms with van der Waals surface area (Å²) in [7, 11) is 4.19. The van der Waals surface area contributed by atoms with Crippen molar-refractivity contribution < 1.29 is 19.5 Å². The predicted molar refractivity (Wildman–Crippen MR) is 119 cm³/mol. The van der Waals surface area contributed by atoms with Gasteiger partial charge in [-0.15, -0.1) is 0 Å². The van der Waals surface area contributed by atoms with Gasteiger partial charge in [0.25, 0.3) is 6.47 Å². The maximum absolute atomic E-state index is 12.9. The lowest BCUT2D eigenvalue weighted by molar-refractivity contribution is -0.135. The number of hydrogen-bond acceptors (Lipinski definition) is 4. The Hall–Kier alpha value is -2.41. The zero-order valence-corrected chi connectivity index (χ0v) is 18.6. The van der Waals surface area contributed by atoms with Crippen molar-refractivity contribution in [3.05, 3.63) is 35.4 Å². The Kier molecular flexibility index (Phi) is 8.07. The molecule has 3 aliphatic rings. The molecule has 1 saturated heterocycles. The molecule has 2 fully saturated rings. The van der Waals surface area contributed by atoms with Gasteiger partial charge in [0.05, 0.1) is 0 Å². The third-order valence-electron chi connectivity index (χ3n) is 7.05. The number of carbonyl (C=O) groups excluding carboxylic acids is 2. The number of carbonyl (C=O) groups is 3. The molecule has 0 bridgehead atoms. The van der Waals surface area contributed by atoms with E-state index in [1.807, 2.05) is 0 Å². The molecule has 1 aliphatic heterocycles. The average molecular weight is 430 g/mol. The van der Waals surface area contributed by atoms with Gasteiger partial charge in [0.1, 0.15) is 0 Å². The van der Waals surface area contributed by atoms with Gasteiger partial charge in [0.2, 0.25) is 11.8 Å². The number of likely N-dealkylation sites (tertiary alicyclic amines) is 1. The molecular weight excluding hydrogens is 394 g/mol. The molecule has 1 saturated carbocycles. The maximum atomic E-state index is 12.9. The van der Waals surface area contributed by atoms with E-state index < -0.39 is 0 Å². The van der Waals surface area contributed by atoms with Crippen LogP contribution in [0.2, 0.25) is 0 Å². The smallest absolute Gasteiger partial charge is 0.290 e. The highest BCUT2D eigenvalue weighted by Gasteiger charge is 2.35.